The summed E-state index contributed by atoms with van der Waals surface area (Å²) in [4.78, 5) is 11.6. The van der Waals surface area contributed by atoms with Crippen LogP contribution in [0.15, 0.2) is 21.7 Å². The second-order valence-electron chi connectivity index (χ2n) is 5.16. The van der Waals surface area contributed by atoms with Crippen LogP contribution in [0.4, 0.5) is 0 Å². The van der Waals surface area contributed by atoms with Gasteiger partial charge in [0.2, 0.25) is 5.91 Å². The topological polar surface area (TPSA) is 54.6 Å². The Morgan fingerprint density at radius 3 is 2.55 bits per heavy atom. The summed E-state index contributed by atoms with van der Waals surface area (Å²) in [5.41, 5.74) is 3.27. The number of unbranched alkanes of at least 4 members (excludes halogenated alkanes) is 5. The summed E-state index contributed by atoms with van der Waals surface area (Å²) < 4.78 is 5.43. The van der Waals surface area contributed by atoms with Crippen molar-refractivity contribution in [2.24, 2.45) is 5.10 Å². The summed E-state index contributed by atoms with van der Waals surface area (Å²) in [6.45, 7) is 5.91. The first kappa shape index (κ1) is 16.5. The van der Waals surface area contributed by atoms with Crippen molar-refractivity contribution in [2.75, 3.05) is 0 Å². The molecule has 0 saturated heterocycles. The third-order valence-corrected chi connectivity index (χ3v) is 3.20. The summed E-state index contributed by atoms with van der Waals surface area (Å²) in [5.74, 6) is 1.51. The number of aryl methyl sites for hydroxylation is 1. The summed E-state index contributed by atoms with van der Waals surface area (Å²) in [7, 11) is 0. The summed E-state index contributed by atoms with van der Waals surface area (Å²) in [6, 6.07) is 3.74. The van der Waals surface area contributed by atoms with Gasteiger partial charge in [0.1, 0.15) is 17.2 Å². The molecule has 1 rings (SSSR count). The van der Waals surface area contributed by atoms with Crippen molar-refractivity contribution in [1.82, 2.24) is 5.43 Å². The summed E-state index contributed by atoms with van der Waals surface area (Å²) in [5, 5.41) is 4.06. The van der Waals surface area contributed by atoms with Crippen LogP contribution in [0.2, 0.25) is 0 Å². The lowest BCUT2D eigenvalue weighted by Gasteiger charge is -2.02. The molecule has 0 aromatic carbocycles. The fourth-order valence-electron chi connectivity index (χ4n) is 1.95. The molecule has 112 valence electrons. The van der Waals surface area contributed by atoms with Crippen molar-refractivity contribution >= 4 is 11.6 Å². The molecule has 1 heterocycles. The third-order valence-electron chi connectivity index (χ3n) is 3.20. The molecular weight excluding hydrogens is 252 g/mol. The predicted octanol–water partition coefficient (Wildman–Crippen LogP) is 4.18. The molecule has 0 fully saturated rings. The van der Waals surface area contributed by atoms with Gasteiger partial charge in [-0.25, -0.2) is 5.43 Å². The Morgan fingerprint density at radius 1 is 1.20 bits per heavy atom. The number of nitrogens with one attached hydrogen (secondary N) is 1. The zero-order chi connectivity index (χ0) is 14.8. The van der Waals surface area contributed by atoms with Crippen LogP contribution in [0.1, 0.15) is 70.3 Å². The molecule has 0 saturated carbocycles. The van der Waals surface area contributed by atoms with Crippen molar-refractivity contribution in [3.63, 3.8) is 0 Å². The highest BCUT2D eigenvalue weighted by molar-refractivity contribution is 5.96. The molecule has 1 N–H and O–H groups in total. The zero-order valence-corrected chi connectivity index (χ0v) is 12.9. The third kappa shape index (κ3) is 6.55. The summed E-state index contributed by atoms with van der Waals surface area (Å²) >= 11 is 0. The maximum absolute atomic E-state index is 11.6. The maximum atomic E-state index is 11.6. The van der Waals surface area contributed by atoms with Crippen molar-refractivity contribution in [3.05, 3.63) is 23.7 Å². The molecule has 0 aliphatic heterocycles. The van der Waals surface area contributed by atoms with Crippen LogP contribution >= 0.6 is 0 Å². The standard InChI is InChI=1S/C16H26N2O2/c1-4-5-6-7-8-9-10-16(19)18-17-14(3)15-12-11-13(2)20-15/h11-12H,4-10H2,1-3H3,(H,18,19). The van der Waals surface area contributed by atoms with Gasteiger partial charge in [-0.05, 0) is 32.4 Å². The number of nitrogens with zero attached hydrogens (tertiary/aromatic N) is 1. The molecule has 0 aliphatic carbocycles. The van der Waals surface area contributed by atoms with E-state index >= 15 is 0 Å². The van der Waals surface area contributed by atoms with Crippen LogP contribution in [0, 0.1) is 6.92 Å². The average molecular weight is 278 g/mol. The van der Waals surface area contributed by atoms with E-state index in [4.69, 9.17) is 4.42 Å². The van der Waals surface area contributed by atoms with Gasteiger partial charge in [-0.3, -0.25) is 4.79 Å². The first-order valence-corrected chi connectivity index (χ1v) is 7.53. The van der Waals surface area contributed by atoms with Gasteiger partial charge in [-0.1, -0.05) is 39.0 Å². The van der Waals surface area contributed by atoms with Crippen LogP contribution in [0.3, 0.4) is 0 Å². The second-order valence-corrected chi connectivity index (χ2v) is 5.16. The van der Waals surface area contributed by atoms with Crippen molar-refractivity contribution in [3.8, 4) is 0 Å². The van der Waals surface area contributed by atoms with Gasteiger partial charge in [-0.2, -0.15) is 5.10 Å². The monoisotopic (exact) mass is 278 g/mol. The number of rotatable bonds is 9. The van der Waals surface area contributed by atoms with Gasteiger partial charge in [0.15, 0.2) is 0 Å². The number of carbonyl (C=O) groups excluding carboxylic acids is 1. The molecule has 0 aliphatic rings. The molecule has 1 aromatic rings. The highest BCUT2D eigenvalue weighted by atomic mass is 16.3. The normalized spacial score (nSPS) is 11.7. The fourth-order valence-corrected chi connectivity index (χ4v) is 1.95. The van der Waals surface area contributed by atoms with E-state index in [1.54, 1.807) is 0 Å². The number of hydrogen-bond acceptors (Lipinski definition) is 3. The minimum Gasteiger partial charge on any atom is -0.460 e. The molecule has 0 bridgehead atoms. The van der Waals surface area contributed by atoms with Crippen molar-refractivity contribution < 1.29 is 9.21 Å². The molecule has 1 amide bonds. The van der Waals surface area contributed by atoms with E-state index in [0.29, 0.717) is 17.9 Å². The molecule has 0 unspecified atom stereocenters. The minimum absolute atomic E-state index is 0.0249. The van der Waals surface area contributed by atoms with E-state index in [9.17, 15) is 4.79 Å². The molecular formula is C16H26N2O2. The Morgan fingerprint density at radius 2 is 1.90 bits per heavy atom. The average Bonchev–Trinajstić information content (AvgIpc) is 2.86. The van der Waals surface area contributed by atoms with Gasteiger partial charge in [-0.15, -0.1) is 0 Å². The highest BCUT2D eigenvalue weighted by Gasteiger charge is 2.04. The molecule has 1 aromatic heterocycles. The lowest BCUT2D eigenvalue weighted by Crippen LogP contribution is -2.18. The van der Waals surface area contributed by atoms with Crippen LogP contribution in [-0.4, -0.2) is 11.6 Å². The van der Waals surface area contributed by atoms with Crippen LogP contribution in [0.5, 0.6) is 0 Å². The quantitative estimate of drug-likeness (QED) is 0.418. The predicted molar refractivity (Wildman–Crippen MR) is 81.8 cm³/mol. The number of hydrogen-bond donors (Lipinski definition) is 1. The number of amides is 1. The zero-order valence-electron chi connectivity index (χ0n) is 12.9. The van der Waals surface area contributed by atoms with Crippen molar-refractivity contribution in [2.45, 2.75) is 65.7 Å². The van der Waals surface area contributed by atoms with E-state index in [2.05, 4.69) is 17.5 Å². The Labute approximate surface area is 121 Å². The molecule has 4 heteroatoms. The molecule has 0 spiro atoms. The Bertz CT molecular complexity index is 435. The van der Waals surface area contributed by atoms with Crippen LogP contribution in [-0.2, 0) is 4.79 Å². The largest absolute Gasteiger partial charge is 0.460 e. The first-order chi connectivity index (χ1) is 9.63. The van der Waals surface area contributed by atoms with E-state index in [1.807, 2.05) is 26.0 Å². The lowest BCUT2D eigenvalue weighted by atomic mass is 10.1. The molecule has 0 atom stereocenters. The van der Waals surface area contributed by atoms with E-state index in [0.717, 1.165) is 18.6 Å². The van der Waals surface area contributed by atoms with E-state index < -0.39 is 0 Å². The van der Waals surface area contributed by atoms with Gasteiger partial charge >= 0.3 is 0 Å². The molecule has 0 radical (unpaired) electrons. The van der Waals surface area contributed by atoms with Crippen molar-refractivity contribution in [1.29, 1.82) is 0 Å². The maximum Gasteiger partial charge on any atom is 0.240 e. The molecule has 4 nitrogen and oxygen atoms in total. The van der Waals surface area contributed by atoms with Gasteiger partial charge in [0, 0.05) is 6.42 Å². The summed E-state index contributed by atoms with van der Waals surface area (Å²) in [6.07, 6.45) is 7.62. The van der Waals surface area contributed by atoms with Gasteiger partial charge < -0.3 is 4.42 Å². The Hall–Kier alpha value is -1.58. The van der Waals surface area contributed by atoms with Crippen LogP contribution in [0.25, 0.3) is 0 Å². The van der Waals surface area contributed by atoms with Gasteiger partial charge in [0.25, 0.3) is 0 Å². The van der Waals surface area contributed by atoms with Gasteiger partial charge in [0.05, 0.1) is 0 Å². The number of hydrazone groups is 1. The smallest absolute Gasteiger partial charge is 0.240 e. The Balaban J connectivity index is 2.19. The van der Waals surface area contributed by atoms with Crippen LogP contribution < -0.4 is 5.43 Å². The number of furan rings is 1. The minimum atomic E-state index is -0.0249. The first-order valence-electron chi connectivity index (χ1n) is 7.53. The van der Waals surface area contributed by atoms with E-state index in [1.165, 1.54) is 25.7 Å². The van der Waals surface area contributed by atoms with E-state index in [-0.39, 0.29) is 5.91 Å². The molecule has 20 heavy (non-hydrogen) atoms. The highest BCUT2D eigenvalue weighted by Crippen LogP contribution is 2.08. The lowest BCUT2D eigenvalue weighted by molar-refractivity contribution is -0.121. The second kappa shape index (κ2) is 9.34. The fraction of sp³-hybridized carbons (Fsp3) is 0.625. The number of carbonyl (C=O) groups is 1. The SMILES string of the molecule is CCCCCCCCC(=O)NN=C(C)c1ccc(C)o1. The Kier molecular flexibility index (Phi) is 7.70.